The maximum Gasteiger partial charge on any atom is 0.225 e. The number of rotatable bonds is 3. The topological polar surface area (TPSA) is 69.6 Å². The molecule has 1 fully saturated rings. The van der Waals surface area contributed by atoms with Gasteiger partial charge in [0.25, 0.3) is 0 Å². The Balaban J connectivity index is 2.33. The Bertz CT molecular complexity index is 188. The molecule has 2 unspecified atom stereocenters. The first-order chi connectivity index (χ1) is 6.61. The molecule has 1 amide bonds. The zero-order chi connectivity index (χ0) is 10.6. The highest BCUT2D eigenvalue weighted by Crippen LogP contribution is 2.23. The summed E-state index contributed by atoms with van der Waals surface area (Å²) in [7, 11) is 0. The molecule has 4 nitrogen and oxygen atoms in total. The third kappa shape index (κ3) is 3.27. The molecule has 0 aromatic rings. The molecule has 3 N–H and O–H groups in total. The van der Waals surface area contributed by atoms with E-state index in [2.05, 4.69) is 5.32 Å². The fourth-order valence-electron chi connectivity index (χ4n) is 1.75. The zero-order valence-corrected chi connectivity index (χ0v) is 8.57. The first-order valence-corrected chi connectivity index (χ1v) is 5.28. The van der Waals surface area contributed by atoms with Gasteiger partial charge in [-0.3, -0.25) is 4.79 Å². The van der Waals surface area contributed by atoms with Gasteiger partial charge in [0.05, 0.1) is 6.10 Å². The normalized spacial score (nSPS) is 22.8. The van der Waals surface area contributed by atoms with Crippen LogP contribution in [0.2, 0.25) is 0 Å². The van der Waals surface area contributed by atoms with E-state index in [1.807, 2.05) is 0 Å². The molecule has 0 bridgehead atoms. The van der Waals surface area contributed by atoms with Crippen LogP contribution in [0.3, 0.4) is 0 Å². The fraction of sp³-hybridized carbons (Fsp3) is 0.900. The van der Waals surface area contributed by atoms with Crippen molar-refractivity contribution in [3.63, 3.8) is 0 Å². The van der Waals surface area contributed by atoms with Gasteiger partial charge in [0, 0.05) is 5.92 Å². The fourth-order valence-corrected chi connectivity index (χ4v) is 1.75. The molecule has 0 aliphatic heterocycles. The third-order valence-electron chi connectivity index (χ3n) is 2.72. The van der Waals surface area contributed by atoms with Crippen molar-refractivity contribution in [1.82, 2.24) is 5.32 Å². The first-order valence-electron chi connectivity index (χ1n) is 5.28. The largest absolute Gasteiger partial charge is 0.389 e. The molecule has 0 saturated heterocycles. The van der Waals surface area contributed by atoms with Crippen LogP contribution in [0.1, 0.15) is 39.0 Å². The molecule has 2 atom stereocenters. The molecular formula is C10H19NO3. The van der Waals surface area contributed by atoms with E-state index in [0.29, 0.717) is 0 Å². The van der Waals surface area contributed by atoms with Crippen molar-refractivity contribution in [2.75, 3.05) is 0 Å². The second-order valence-electron chi connectivity index (χ2n) is 4.03. The van der Waals surface area contributed by atoms with Crippen LogP contribution in [0, 0.1) is 5.92 Å². The Hall–Kier alpha value is -0.610. The highest BCUT2D eigenvalue weighted by Gasteiger charge is 2.23. The predicted octanol–water partition coefficient (Wildman–Crippen LogP) is 0.382. The van der Waals surface area contributed by atoms with Crippen molar-refractivity contribution in [2.24, 2.45) is 5.92 Å². The number of carbonyl (C=O) groups is 1. The van der Waals surface area contributed by atoms with Crippen LogP contribution in [-0.4, -0.2) is 28.5 Å². The summed E-state index contributed by atoms with van der Waals surface area (Å²) >= 11 is 0. The van der Waals surface area contributed by atoms with Gasteiger partial charge in [0.2, 0.25) is 5.91 Å². The average Bonchev–Trinajstić information content (AvgIpc) is 2.19. The minimum atomic E-state index is -1.13. The van der Waals surface area contributed by atoms with E-state index >= 15 is 0 Å². The van der Waals surface area contributed by atoms with E-state index in [1.165, 1.54) is 13.3 Å². The van der Waals surface area contributed by atoms with E-state index in [0.717, 1.165) is 25.7 Å². The van der Waals surface area contributed by atoms with Gasteiger partial charge < -0.3 is 15.5 Å². The zero-order valence-electron chi connectivity index (χ0n) is 8.57. The van der Waals surface area contributed by atoms with Crippen molar-refractivity contribution < 1.29 is 15.0 Å². The third-order valence-corrected chi connectivity index (χ3v) is 2.72. The summed E-state index contributed by atoms with van der Waals surface area (Å²) in [4.78, 5) is 11.5. The second-order valence-corrected chi connectivity index (χ2v) is 4.03. The Labute approximate surface area is 84.3 Å². The quantitative estimate of drug-likeness (QED) is 0.578. The van der Waals surface area contributed by atoms with Crippen LogP contribution < -0.4 is 5.32 Å². The number of aliphatic hydroxyl groups is 2. The van der Waals surface area contributed by atoms with E-state index in [9.17, 15) is 9.90 Å². The van der Waals surface area contributed by atoms with Crippen molar-refractivity contribution >= 4 is 5.91 Å². The maximum atomic E-state index is 11.5. The van der Waals surface area contributed by atoms with Crippen LogP contribution in [-0.2, 0) is 4.79 Å². The minimum Gasteiger partial charge on any atom is -0.389 e. The molecule has 0 aromatic heterocycles. The highest BCUT2D eigenvalue weighted by molar-refractivity contribution is 5.78. The van der Waals surface area contributed by atoms with Crippen LogP contribution in [0.15, 0.2) is 0 Å². The average molecular weight is 201 g/mol. The molecule has 1 aliphatic rings. The van der Waals surface area contributed by atoms with Gasteiger partial charge in [0.15, 0.2) is 6.23 Å². The summed E-state index contributed by atoms with van der Waals surface area (Å²) < 4.78 is 0. The summed E-state index contributed by atoms with van der Waals surface area (Å²) in [5.74, 6) is -0.102. The van der Waals surface area contributed by atoms with Gasteiger partial charge in [0.1, 0.15) is 0 Å². The number of hydrogen-bond acceptors (Lipinski definition) is 3. The van der Waals surface area contributed by atoms with E-state index in [-0.39, 0.29) is 11.8 Å². The van der Waals surface area contributed by atoms with Gasteiger partial charge in [-0.05, 0) is 19.8 Å². The lowest BCUT2D eigenvalue weighted by molar-refractivity contribution is -0.131. The molecule has 0 radical (unpaired) electrons. The van der Waals surface area contributed by atoms with Crippen LogP contribution in [0.4, 0.5) is 0 Å². The lowest BCUT2D eigenvalue weighted by Gasteiger charge is -2.23. The van der Waals surface area contributed by atoms with E-state index in [1.54, 1.807) is 0 Å². The van der Waals surface area contributed by atoms with Gasteiger partial charge in [-0.25, -0.2) is 0 Å². The molecule has 1 saturated carbocycles. The molecule has 82 valence electrons. The second kappa shape index (κ2) is 5.32. The standard InChI is InChI=1S/C10H19NO3/c1-7(12)9(13)11-10(14)8-5-3-2-4-6-8/h7-9,12-13H,2-6H2,1H3,(H,11,14). The smallest absolute Gasteiger partial charge is 0.225 e. The van der Waals surface area contributed by atoms with Crippen molar-refractivity contribution in [3.05, 3.63) is 0 Å². The summed E-state index contributed by atoms with van der Waals surface area (Å²) in [6.07, 6.45) is 3.12. The molecule has 4 heteroatoms. The summed E-state index contributed by atoms with van der Waals surface area (Å²) in [5, 5.41) is 20.7. The number of carbonyl (C=O) groups excluding carboxylic acids is 1. The Morgan fingerprint density at radius 2 is 1.86 bits per heavy atom. The summed E-state index contributed by atoms with van der Waals surface area (Å²) in [5.41, 5.74) is 0. The van der Waals surface area contributed by atoms with Crippen molar-refractivity contribution in [2.45, 2.75) is 51.4 Å². The Morgan fingerprint density at radius 1 is 1.29 bits per heavy atom. The lowest BCUT2D eigenvalue weighted by Crippen LogP contribution is -2.44. The van der Waals surface area contributed by atoms with Gasteiger partial charge in [-0.15, -0.1) is 0 Å². The monoisotopic (exact) mass is 201 g/mol. The number of hydrogen-bond donors (Lipinski definition) is 3. The first kappa shape index (κ1) is 11.5. The Kier molecular flexibility index (Phi) is 4.35. The number of aliphatic hydroxyl groups excluding tert-OH is 2. The SMILES string of the molecule is CC(O)C(O)NC(=O)C1CCCCC1. The van der Waals surface area contributed by atoms with Crippen LogP contribution in [0.5, 0.6) is 0 Å². The lowest BCUT2D eigenvalue weighted by atomic mass is 9.88. The van der Waals surface area contributed by atoms with Crippen molar-refractivity contribution in [1.29, 1.82) is 0 Å². The molecule has 1 aliphatic carbocycles. The Morgan fingerprint density at radius 3 is 2.36 bits per heavy atom. The maximum absolute atomic E-state index is 11.5. The molecule has 0 spiro atoms. The van der Waals surface area contributed by atoms with Crippen LogP contribution in [0.25, 0.3) is 0 Å². The number of amides is 1. The van der Waals surface area contributed by atoms with Crippen molar-refractivity contribution in [3.8, 4) is 0 Å². The van der Waals surface area contributed by atoms with Gasteiger partial charge in [-0.1, -0.05) is 19.3 Å². The molecule has 0 heterocycles. The summed E-state index contributed by atoms with van der Waals surface area (Å²) in [6, 6.07) is 0. The van der Waals surface area contributed by atoms with Gasteiger partial charge >= 0.3 is 0 Å². The molecular weight excluding hydrogens is 182 g/mol. The van der Waals surface area contributed by atoms with E-state index < -0.39 is 12.3 Å². The highest BCUT2D eigenvalue weighted by atomic mass is 16.3. The van der Waals surface area contributed by atoms with E-state index in [4.69, 9.17) is 5.11 Å². The molecule has 14 heavy (non-hydrogen) atoms. The van der Waals surface area contributed by atoms with Gasteiger partial charge in [-0.2, -0.15) is 0 Å². The summed E-state index contributed by atoms with van der Waals surface area (Å²) in [6.45, 7) is 1.45. The molecule has 0 aromatic carbocycles. The van der Waals surface area contributed by atoms with Crippen LogP contribution >= 0.6 is 0 Å². The minimum absolute atomic E-state index is 0.0251. The molecule has 1 rings (SSSR count). The number of nitrogens with one attached hydrogen (secondary N) is 1. The predicted molar refractivity (Wildman–Crippen MR) is 52.4 cm³/mol.